The van der Waals surface area contributed by atoms with Crippen molar-refractivity contribution in [1.82, 2.24) is 14.7 Å². The van der Waals surface area contributed by atoms with Gasteiger partial charge in [-0.1, -0.05) is 0 Å². The van der Waals surface area contributed by atoms with Crippen LogP contribution in [0.1, 0.15) is 6.42 Å². The van der Waals surface area contributed by atoms with Crippen molar-refractivity contribution in [2.45, 2.75) is 13.0 Å². The number of hydrogen-bond donors (Lipinski definition) is 0. The average molecular weight is 378 g/mol. The second-order valence-electron chi connectivity index (χ2n) is 3.49. The Kier molecular flexibility index (Phi) is 5.50. The molecule has 1 aromatic heterocycles. The van der Waals surface area contributed by atoms with E-state index in [4.69, 9.17) is 5.26 Å². The van der Waals surface area contributed by atoms with Crippen molar-refractivity contribution in [1.29, 1.82) is 5.26 Å². The van der Waals surface area contributed by atoms with Crippen LogP contribution in [0.4, 0.5) is 0 Å². The van der Waals surface area contributed by atoms with E-state index < -0.39 is 0 Å². The molecule has 0 unspecified atom stereocenters. The number of nitrogens with zero attached hydrogens (tertiary/aromatic N) is 4. The summed E-state index contributed by atoms with van der Waals surface area (Å²) in [6.07, 6.45) is 1.70. The van der Waals surface area contributed by atoms with Gasteiger partial charge in [-0.2, -0.15) is 10.4 Å². The fourth-order valence-electron chi connectivity index (χ4n) is 1.15. The molecule has 1 amide bonds. The Balaban J connectivity index is 2.80. The molecule has 96 valence electrons. The third-order valence-electron chi connectivity index (χ3n) is 2.21. The highest BCUT2D eigenvalue weighted by Crippen LogP contribution is 2.16. The summed E-state index contributed by atoms with van der Waals surface area (Å²) in [5.41, 5.74) is -0.383. The number of halogens is 2. The summed E-state index contributed by atoms with van der Waals surface area (Å²) >= 11 is 6.27. The van der Waals surface area contributed by atoms with Gasteiger partial charge in [-0.25, -0.2) is 4.68 Å². The minimum Gasteiger partial charge on any atom is -0.343 e. The highest BCUT2D eigenvalue weighted by atomic mass is 79.9. The summed E-state index contributed by atoms with van der Waals surface area (Å²) in [4.78, 5) is 24.9. The zero-order valence-corrected chi connectivity index (χ0v) is 12.7. The Morgan fingerprint density at radius 2 is 2.28 bits per heavy atom. The topological polar surface area (TPSA) is 79.0 Å². The average Bonchev–Trinajstić information content (AvgIpc) is 2.36. The van der Waals surface area contributed by atoms with Gasteiger partial charge in [0.25, 0.3) is 5.56 Å². The molecule has 1 heterocycles. The van der Waals surface area contributed by atoms with Crippen molar-refractivity contribution in [3.05, 3.63) is 25.5 Å². The lowest BCUT2D eigenvalue weighted by atomic mass is 10.4. The zero-order valence-electron chi connectivity index (χ0n) is 9.56. The molecule has 18 heavy (non-hydrogen) atoms. The summed E-state index contributed by atoms with van der Waals surface area (Å²) in [5, 5.41) is 12.3. The van der Waals surface area contributed by atoms with Crippen LogP contribution in [0.15, 0.2) is 19.9 Å². The number of carbonyl (C=O) groups excluding carboxylic acids is 1. The highest BCUT2D eigenvalue weighted by molar-refractivity contribution is 9.13. The van der Waals surface area contributed by atoms with E-state index in [-0.39, 0.29) is 24.4 Å². The Bertz CT molecular complexity index is 550. The van der Waals surface area contributed by atoms with Gasteiger partial charge in [0, 0.05) is 13.6 Å². The molecule has 0 saturated carbocycles. The number of amides is 1. The minimum absolute atomic E-state index is 0.146. The molecule has 0 radical (unpaired) electrons. The van der Waals surface area contributed by atoms with Crippen LogP contribution in [0.2, 0.25) is 0 Å². The van der Waals surface area contributed by atoms with Crippen molar-refractivity contribution in [3.63, 3.8) is 0 Å². The minimum atomic E-state index is -0.383. The first-order chi connectivity index (χ1) is 8.47. The van der Waals surface area contributed by atoms with E-state index in [1.807, 2.05) is 6.07 Å². The van der Waals surface area contributed by atoms with E-state index in [0.29, 0.717) is 15.5 Å². The molecule has 0 aromatic carbocycles. The van der Waals surface area contributed by atoms with Crippen LogP contribution >= 0.6 is 31.9 Å². The lowest BCUT2D eigenvalue weighted by Gasteiger charge is -2.15. The van der Waals surface area contributed by atoms with Crippen molar-refractivity contribution in [2.75, 3.05) is 13.6 Å². The summed E-state index contributed by atoms with van der Waals surface area (Å²) in [6.45, 7) is 0.189. The van der Waals surface area contributed by atoms with E-state index in [9.17, 15) is 9.59 Å². The molecule has 1 aromatic rings. The van der Waals surface area contributed by atoms with Crippen molar-refractivity contribution < 1.29 is 4.79 Å². The van der Waals surface area contributed by atoms with Gasteiger partial charge in [0.1, 0.15) is 11.0 Å². The molecule has 0 aliphatic carbocycles. The molecular formula is C10H10Br2N4O2. The Hall–Kier alpha value is -1.20. The van der Waals surface area contributed by atoms with Gasteiger partial charge < -0.3 is 4.90 Å². The van der Waals surface area contributed by atoms with E-state index in [1.165, 1.54) is 11.1 Å². The van der Waals surface area contributed by atoms with Crippen LogP contribution in [0.25, 0.3) is 0 Å². The fourth-order valence-corrected chi connectivity index (χ4v) is 1.72. The Morgan fingerprint density at radius 1 is 1.61 bits per heavy atom. The van der Waals surface area contributed by atoms with Crippen LogP contribution in [-0.4, -0.2) is 34.2 Å². The maximum Gasteiger partial charge on any atom is 0.282 e. The zero-order chi connectivity index (χ0) is 13.7. The Labute approximate surface area is 120 Å². The number of rotatable bonds is 4. The van der Waals surface area contributed by atoms with Crippen LogP contribution in [-0.2, 0) is 11.3 Å². The van der Waals surface area contributed by atoms with Crippen LogP contribution in [0.3, 0.4) is 0 Å². The largest absolute Gasteiger partial charge is 0.343 e. The molecular weight excluding hydrogens is 368 g/mol. The summed E-state index contributed by atoms with van der Waals surface area (Å²) in [6, 6.07) is 1.95. The van der Waals surface area contributed by atoms with E-state index in [2.05, 4.69) is 37.0 Å². The number of likely N-dealkylation sites (N-methyl/N-ethyl adjacent to an activating group) is 1. The van der Waals surface area contributed by atoms with Crippen LogP contribution in [0.5, 0.6) is 0 Å². The summed E-state index contributed by atoms with van der Waals surface area (Å²) < 4.78 is 1.93. The normalized spacial score (nSPS) is 9.89. The van der Waals surface area contributed by atoms with Gasteiger partial charge in [-0.3, -0.25) is 9.59 Å². The van der Waals surface area contributed by atoms with Gasteiger partial charge in [-0.05, 0) is 31.9 Å². The maximum absolute atomic E-state index is 11.8. The first kappa shape index (κ1) is 14.9. The van der Waals surface area contributed by atoms with Gasteiger partial charge >= 0.3 is 0 Å². The molecule has 0 saturated heterocycles. The monoisotopic (exact) mass is 376 g/mol. The summed E-state index contributed by atoms with van der Waals surface area (Å²) in [7, 11) is 1.58. The first-order valence-corrected chi connectivity index (χ1v) is 6.58. The second kappa shape index (κ2) is 6.66. The fraction of sp³-hybridized carbons (Fsp3) is 0.400. The molecule has 0 N–H and O–H groups in total. The molecule has 6 nitrogen and oxygen atoms in total. The predicted molar refractivity (Wildman–Crippen MR) is 71.8 cm³/mol. The molecule has 0 bridgehead atoms. The lowest BCUT2D eigenvalue weighted by molar-refractivity contribution is -0.130. The predicted octanol–water partition coefficient (Wildman–Crippen LogP) is 1.14. The second-order valence-corrected chi connectivity index (χ2v) is 5.14. The lowest BCUT2D eigenvalue weighted by Crippen LogP contribution is -2.35. The molecule has 0 fully saturated rings. The van der Waals surface area contributed by atoms with Crippen LogP contribution < -0.4 is 5.56 Å². The number of carbonyl (C=O) groups is 1. The van der Waals surface area contributed by atoms with E-state index >= 15 is 0 Å². The number of hydrogen-bond acceptors (Lipinski definition) is 4. The third-order valence-corrected chi connectivity index (χ3v) is 4.11. The highest BCUT2D eigenvalue weighted by Gasteiger charge is 2.13. The Morgan fingerprint density at radius 3 is 2.89 bits per heavy atom. The SMILES string of the molecule is CN(CCC#N)C(=O)Cn1ncc(Br)c(Br)c1=O. The van der Waals surface area contributed by atoms with Crippen LogP contribution in [0, 0.1) is 11.3 Å². The quantitative estimate of drug-likeness (QED) is 0.788. The van der Waals surface area contributed by atoms with Gasteiger partial charge in [0.05, 0.1) is 23.2 Å². The van der Waals surface area contributed by atoms with Crippen molar-refractivity contribution >= 4 is 37.8 Å². The number of nitriles is 1. The maximum atomic E-state index is 11.8. The molecule has 8 heteroatoms. The molecule has 1 rings (SSSR count). The van der Waals surface area contributed by atoms with Gasteiger partial charge in [0.15, 0.2) is 0 Å². The molecule has 0 atom stereocenters. The third kappa shape index (κ3) is 3.65. The molecule has 0 aliphatic heterocycles. The van der Waals surface area contributed by atoms with Crippen molar-refractivity contribution in [2.24, 2.45) is 0 Å². The number of aromatic nitrogens is 2. The smallest absolute Gasteiger partial charge is 0.282 e. The standard InChI is InChI=1S/C10H10Br2N4O2/c1-15(4-2-3-13)8(17)6-16-10(18)9(12)7(11)5-14-16/h5H,2,4,6H2,1H3. The van der Waals surface area contributed by atoms with Crippen molar-refractivity contribution in [3.8, 4) is 6.07 Å². The van der Waals surface area contributed by atoms with Gasteiger partial charge in [-0.15, -0.1) is 0 Å². The molecule has 0 aliphatic rings. The van der Waals surface area contributed by atoms with Gasteiger partial charge in [0.2, 0.25) is 5.91 Å². The first-order valence-electron chi connectivity index (χ1n) is 4.99. The summed E-state index contributed by atoms with van der Waals surface area (Å²) in [5.74, 6) is -0.269. The molecule has 0 spiro atoms. The van der Waals surface area contributed by atoms with E-state index in [1.54, 1.807) is 7.05 Å². The van der Waals surface area contributed by atoms with E-state index in [0.717, 1.165) is 4.68 Å².